The minimum Gasteiger partial charge on any atom is -0.378 e. The van der Waals surface area contributed by atoms with Crippen LogP contribution in [-0.2, 0) is 17.1 Å². The van der Waals surface area contributed by atoms with Crippen molar-refractivity contribution in [3.05, 3.63) is 20.6 Å². The zero-order valence-corrected chi connectivity index (χ0v) is 11.9. The number of hydrogen-bond donors (Lipinski definition) is 1. The van der Waals surface area contributed by atoms with Gasteiger partial charge in [0, 0.05) is 7.11 Å². The monoisotopic (exact) mass is 308 g/mol. The van der Waals surface area contributed by atoms with Crippen molar-refractivity contribution in [1.82, 2.24) is 9.97 Å². The Hall–Kier alpha value is 0.0900. The molecule has 0 aliphatic rings. The van der Waals surface area contributed by atoms with Crippen molar-refractivity contribution in [2.24, 2.45) is 0 Å². The van der Waals surface area contributed by atoms with Crippen molar-refractivity contribution < 1.29 is 4.74 Å². The highest BCUT2D eigenvalue weighted by Crippen LogP contribution is 2.18. The lowest BCUT2D eigenvalue weighted by Gasteiger charge is -2.07. The van der Waals surface area contributed by atoms with Gasteiger partial charge < -0.3 is 9.72 Å². The van der Waals surface area contributed by atoms with Crippen LogP contribution < -0.4 is 0 Å². The zero-order valence-electron chi connectivity index (χ0n) is 8.67. The predicted octanol–water partition coefficient (Wildman–Crippen LogP) is 3.30. The van der Waals surface area contributed by atoms with E-state index in [4.69, 9.17) is 17.0 Å². The molecule has 0 aliphatic carbocycles. The number of halogens is 1. The average molecular weight is 309 g/mol. The van der Waals surface area contributed by atoms with E-state index in [1.807, 2.05) is 0 Å². The van der Waals surface area contributed by atoms with E-state index in [1.165, 1.54) is 0 Å². The van der Waals surface area contributed by atoms with Crippen LogP contribution in [0.4, 0.5) is 0 Å². The van der Waals surface area contributed by atoms with E-state index in [2.05, 4.69) is 32.8 Å². The summed E-state index contributed by atoms with van der Waals surface area (Å²) < 4.78 is 6.50. The van der Waals surface area contributed by atoms with Gasteiger partial charge in [-0.2, -0.15) is 11.8 Å². The summed E-state index contributed by atoms with van der Waals surface area (Å²) in [6, 6.07) is 0. The summed E-state index contributed by atoms with van der Waals surface area (Å²) in [6.45, 7) is 2.63. The molecule has 3 nitrogen and oxygen atoms in total. The molecule has 1 N–H and O–H groups in total. The minimum absolute atomic E-state index is 0.510. The van der Waals surface area contributed by atoms with Gasteiger partial charge in [-0.05, 0) is 21.7 Å². The Morgan fingerprint density at radius 3 is 2.93 bits per heavy atom. The topological polar surface area (TPSA) is 37.9 Å². The molecule has 0 amide bonds. The second-order valence-electron chi connectivity index (χ2n) is 2.85. The normalized spacial score (nSPS) is 10.6. The second kappa shape index (κ2) is 6.62. The van der Waals surface area contributed by atoms with Gasteiger partial charge in [0.2, 0.25) is 0 Å². The van der Waals surface area contributed by atoms with Gasteiger partial charge in [0.15, 0.2) is 0 Å². The number of hydrogen-bond acceptors (Lipinski definition) is 4. The van der Waals surface area contributed by atoms with E-state index in [0.29, 0.717) is 11.2 Å². The van der Waals surface area contributed by atoms with Gasteiger partial charge in [0.1, 0.15) is 10.5 Å². The fraction of sp³-hybridized carbons (Fsp3) is 0.556. The molecule has 84 valence electrons. The van der Waals surface area contributed by atoms with E-state index in [1.54, 1.807) is 18.9 Å². The maximum absolute atomic E-state index is 5.15. The van der Waals surface area contributed by atoms with Crippen LogP contribution in [0.15, 0.2) is 4.47 Å². The highest BCUT2D eigenvalue weighted by atomic mass is 79.9. The molecular formula is C9H13BrN2OS2. The van der Waals surface area contributed by atoms with E-state index in [-0.39, 0.29) is 0 Å². The summed E-state index contributed by atoms with van der Waals surface area (Å²) in [5.41, 5.74) is 0.948. The fourth-order valence-corrected chi connectivity index (χ4v) is 2.14. The number of aromatic nitrogens is 2. The molecule has 6 heteroatoms. The predicted molar refractivity (Wildman–Crippen MR) is 69.7 cm³/mol. The Balaban J connectivity index is 2.95. The SMILES string of the molecule is CCSCc1nc(=S)c(Br)c(COC)[nH]1. The molecule has 1 aromatic rings. The lowest BCUT2D eigenvalue weighted by atomic mass is 10.4. The van der Waals surface area contributed by atoms with Crippen molar-refractivity contribution in [2.45, 2.75) is 19.3 Å². The molecular weight excluding hydrogens is 296 g/mol. The van der Waals surface area contributed by atoms with Crippen molar-refractivity contribution in [3.8, 4) is 0 Å². The Labute approximate surface area is 107 Å². The Bertz CT molecular complexity index is 381. The van der Waals surface area contributed by atoms with Crippen LogP contribution in [0.5, 0.6) is 0 Å². The molecule has 1 heterocycles. The minimum atomic E-state index is 0.510. The third-order valence-electron chi connectivity index (χ3n) is 1.72. The molecule has 0 fully saturated rings. The first kappa shape index (κ1) is 13.2. The van der Waals surface area contributed by atoms with Gasteiger partial charge >= 0.3 is 0 Å². The number of ether oxygens (including phenoxy) is 1. The summed E-state index contributed by atoms with van der Waals surface area (Å²) >= 11 is 10.4. The summed E-state index contributed by atoms with van der Waals surface area (Å²) in [6.07, 6.45) is 0. The number of nitrogens with one attached hydrogen (secondary N) is 1. The lowest BCUT2D eigenvalue weighted by Crippen LogP contribution is -2.02. The molecule has 0 aliphatic heterocycles. The Morgan fingerprint density at radius 1 is 1.60 bits per heavy atom. The third-order valence-corrected chi connectivity index (χ3v) is 4.01. The molecule has 0 aromatic carbocycles. The largest absolute Gasteiger partial charge is 0.378 e. The van der Waals surface area contributed by atoms with E-state index < -0.39 is 0 Å². The number of methoxy groups -OCH3 is 1. The van der Waals surface area contributed by atoms with Gasteiger partial charge in [-0.25, -0.2) is 4.98 Å². The molecule has 1 rings (SSSR count). The molecule has 0 atom stereocenters. The van der Waals surface area contributed by atoms with Crippen molar-refractivity contribution in [2.75, 3.05) is 12.9 Å². The number of H-pyrrole nitrogens is 1. The summed E-state index contributed by atoms with van der Waals surface area (Å²) in [7, 11) is 1.66. The molecule has 0 spiro atoms. The van der Waals surface area contributed by atoms with Crippen LogP contribution in [0.3, 0.4) is 0 Å². The highest BCUT2D eigenvalue weighted by Gasteiger charge is 2.05. The molecule has 1 aromatic heterocycles. The summed E-state index contributed by atoms with van der Waals surface area (Å²) in [4.78, 5) is 7.51. The Kier molecular flexibility index (Phi) is 5.81. The number of nitrogens with zero attached hydrogens (tertiary/aromatic N) is 1. The number of rotatable bonds is 5. The first-order valence-electron chi connectivity index (χ1n) is 4.53. The Morgan fingerprint density at radius 2 is 2.33 bits per heavy atom. The zero-order chi connectivity index (χ0) is 11.3. The van der Waals surface area contributed by atoms with Gasteiger partial charge in [-0.3, -0.25) is 0 Å². The van der Waals surface area contributed by atoms with Gasteiger partial charge in [-0.1, -0.05) is 19.1 Å². The average Bonchev–Trinajstić information content (AvgIpc) is 2.22. The smallest absolute Gasteiger partial charge is 0.144 e. The molecule has 0 saturated heterocycles. The fourth-order valence-electron chi connectivity index (χ4n) is 1.07. The maximum Gasteiger partial charge on any atom is 0.144 e. The summed E-state index contributed by atoms with van der Waals surface area (Å²) in [5, 5.41) is 0. The molecule has 15 heavy (non-hydrogen) atoms. The van der Waals surface area contributed by atoms with Crippen molar-refractivity contribution in [3.63, 3.8) is 0 Å². The first-order chi connectivity index (χ1) is 7.19. The van der Waals surface area contributed by atoms with E-state index >= 15 is 0 Å². The quantitative estimate of drug-likeness (QED) is 0.847. The second-order valence-corrected chi connectivity index (χ2v) is 5.31. The summed E-state index contributed by atoms with van der Waals surface area (Å²) in [5.74, 6) is 2.82. The van der Waals surface area contributed by atoms with Crippen LogP contribution in [0.1, 0.15) is 18.4 Å². The molecule has 0 bridgehead atoms. The van der Waals surface area contributed by atoms with Gasteiger partial charge in [0.25, 0.3) is 0 Å². The standard InChI is InChI=1S/C9H13BrN2OS2/c1-3-15-5-7-11-6(4-13-2)8(10)9(14)12-7/h3-5H2,1-2H3,(H,11,12,14). The van der Waals surface area contributed by atoms with Crippen molar-refractivity contribution in [1.29, 1.82) is 0 Å². The van der Waals surface area contributed by atoms with Crippen LogP contribution in [0, 0.1) is 4.64 Å². The first-order valence-corrected chi connectivity index (χ1v) is 6.88. The third kappa shape index (κ3) is 3.86. The van der Waals surface area contributed by atoms with E-state index in [9.17, 15) is 0 Å². The van der Waals surface area contributed by atoms with E-state index in [0.717, 1.165) is 27.5 Å². The maximum atomic E-state index is 5.15. The number of aromatic amines is 1. The highest BCUT2D eigenvalue weighted by molar-refractivity contribution is 9.10. The molecule has 0 radical (unpaired) electrons. The van der Waals surface area contributed by atoms with Crippen LogP contribution >= 0.6 is 39.9 Å². The molecule has 0 unspecified atom stereocenters. The van der Waals surface area contributed by atoms with Crippen LogP contribution in [0.25, 0.3) is 0 Å². The van der Waals surface area contributed by atoms with Gasteiger partial charge in [0.05, 0.1) is 22.5 Å². The van der Waals surface area contributed by atoms with Crippen molar-refractivity contribution >= 4 is 39.9 Å². The molecule has 0 saturated carbocycles. The van der Waals surface area contributed by atoms with Gasteiger partial charge in [-0.15, -0.1) is 0 Å². The van der Waals surface area contributed by atoms with Crippen LogP contribution in [-0.4, -0.2) is 22.8 Å². The number of thioether (sulfide) groups is 1. The van der Waals surface area contributed by atoms with Crippen LogP contribution in [0.2, 0.25) is 0 Å². The lowest BCUT2D eigenvalue weighted by molar-refractivity contribution is 0.180.